The van der Waals surface area contributed by atoms with Crippen molar-refractivity contribution in [1.29, 1.82) is 0 Å². The fourth-order valence-electron chi connectivity index (χ4n) is 1.57. The zero-order valence-electron chi connectivity index (χ0n) is 7.44. The van der Waals surface area contributed by atoms with E-state index in [1.165, 1.54) is 22.7 Å². The maximum Gasteiger partial charge on any atom is 0.259 e. The van der Waals surface area contributed by atoms with Crippen LogP contribution in [0.4, 0.5) is 0 Å². The van der Waals surface area contributed by atoms with Gasteiger partial charge in [0.2, 0.25) is 0 Å². The molecule has 0 unspecified atom stereocenters. The van der Waals surface area contributed by atoms with Crippen LogP contribution in [0.2, 0.25) is 0 Å². The number of nitrogens with one attached hydrogen (secondary N) is 1. The zero-order valence-corrected chi connectivity index (χ0v) is 9.08. The molecule has 1 N–H and O–H groups in total. The minimum atomic E-state index is -0.306. The monoisotopic (exact) mass is 235 g/mol. The Bertz CT molecular complexity index is 702. The van der Waals surface area contributed by atoms with E-state index in [0.29, 0.717) is 10.8 Å². The molecule has 0 spiro atoms. The summed E-state index contributed by atoms with van der Waals surface area (Å²) in [5.41, 5.74) is -0.612. The third kappa shape index (κ3) is 1.17. The maximum atomic E-state index is 11.6. The molecule has 3 aromatic heterocycles. The van der Waals surface area contributed by atoms with Gasteiger partial charge in [-0.05, 0) is 22.9 Å². The van der Waals surface area contributed by atoms with E-state index in [4.69, 9.17) is 0 Å². The molecule has 74 valence electrons. The SMILES string of the molecule is O=c1[nH]c(=O)c2ccsc2c2sccc12. The largest absolute Gasteiger partial charge is 0.288 e. The molecule has 0 aliphatic heterocycles. The van der Waals surface area contributed by atoms with E-state index >= 15 is 0 Å². The van der Waals surface area contributed by atoms with Gasteiger partial charge in [-0.2, -0.15) is 0 Å². The average Bonchev–Trinajstić information content (AvgIpc) is 2.83. The van der Waals surface area contributed by atoms with Crippen LogP contribution in [-0.4, -0.2) is 4.98 Å². The van der Waals surface area contributed by atoms with Crippen molar-refractivity contribution < 1.29 is 0 Å². The second-order valence-corrected chi connectivity index (χ2v) is 4.94. The van der Waals surface area contributed by atoms with Gasteiger partial charge in [0.15, 0.2) is 0 Å². The number of hydrogen-bond acceptors (Lipinski definition) is 4. The lowest BCUT2D eigenvalue weighted by molar-refractivity contribution is 1.24. The van der Waals surface area contributed by atoms with Crippen LogP contribution in [0.15, 0.2) is 32.5 Å². The van der Waals surface area contributed by atoms with E-state index in [1.807, 2.05) is 10.8 Å². The Labute approximate surface area is 91.6 Å². The van der Waals surface area contributed by atoms with Gasteiger partial charge in [-0.15, -0.1) is 22.7 Å². The highest BCUT2D eigenvalue weighted by Crippen LogP contribution is 2.28. The Hall–Kier alpha value is -1.46. The van der Waals surface area contributed by atoms with Crippen molar-refractivity contribution in [3.63, 3.8) is 0 Å². The lowest BCUT2D eigenvalue weighted by Crippen LogP contribution is -2.13. The standard InChI is InChI=1S/C10H5NO2S2/c12-9-5-1-3-14-7(5)8-6(2-4-15-8)10(13)11-9/h1-4H,(H,11,12,13). The summed E-state index contributed by atoms with van der Waals surface area (Å²) >= 11 is 2.98. The summed E-state index contributed by atoms with van der Waals surface area (Å²) in [7, 11) is 0. The third-order valence-electron chi connectivity index (χ3n) is 2.25. The molecule has 3 heterocycles. The topological polar surface area (TPSA) is 49.9 Å². The normalized spacial score (nSPS) is 11.2. The fourth-order valence-corrected chi connectivity index (χ4v) is 3.54. The second kappa shape index (κ2) is 3.01. The molecule has 0 saturated carbocycles. The van der Waals surface area contributed by atoms with Crippen LogP contribution in [0.1, 0.15) is 0 Å². The minimum Gasteiger partial charge on any atom is -0.288 e. The molecule has 0 saturated heterocycles. The Morgan fingerprint density at radius 1 is 0.867 bits per heavy atom. The van der Waals surface area contributed by atoms with Gasteiger partial charge in [-0.1, -0.05) is 0 Å². The number of H-pyrrole nitrogens is 1. The highest BCUT2D eigenvalue weighted by molar-refractivity contribution is 7.25. The maximum absolute atomic E-state index is 11.6. The van der Waals surface area contributed by atoms with Crippen LogP contribution in [0.5, 0.6) is 0 Å². The Kier molecular flexibility index (Phi) is 1.77. The van der Waals surface area contributed by atoms with Crippen LogP contribution in [0, 0.1) is 0 Å². The first kappa shape index (κ1) is 8.82. The molecule has 0 fully saturated rings. The summed E-state index contributed by atoms with van der Waals surface area (Å²) < 4.78 is 1.78. The van der Waals surface area contributed by atoms with Gasteiger partial charge in [0.1, 0.15) is 0 Å². The number of fused-ring (bicyclic) bond motifs is 3. The molecular formula is C10H5NO2S2. The van der Waals surface area contributed by atoms with Crippen molar-refractivity contribution in [3.05, 3.63) is 43.6 Å². The summed E-state index contributed by atoms with van der Waals surface area (Å²) in [5, 5.41) is 4.91. The van der Waals surface area contributed by atoms with Gasteiger partial charge >= 0.3 is 0 Å². The summed E-state index contributed by atoms with van der Waals surface area (Å²) in [5.74, 6) is 0. The van der Waals surface area contributed by atoms with Gasteiger partial charge < -0.3 is 0 Å². The van der Waals surface area contributed by atoms with Crippen LogP contribution in [0.3, 0.4) is 0 Å². The molecule has 3 nitrogen and oxygen atoms in total. The van der Waals surface area contributed by atoms with Crippen molar-refractivity contribution in [2.75, 3.05) is 0 Å². The van der Waals surface area contributed by atoms with Crippen molar-refractivity contribution in [3.8, 4) is 0 Å². The molecule has 0 aliphatic rings. The first-order chi connectivity index (χ1) is 7.27. The summed E-state index contributed by atoms with van der Waals surface area (Å²) in [6.45, 7) is 0. The third-order valence-corrected chi connectivity index (χ3v) is 4.25. The molecule has 0 amide bonds. The van der Waals surface area contributed by atoms with E-state index in [2.05, 4.69) is 4.98 Å². The Morgan fingerprint density at radius 3 is 1.80 bits per heavy atom. The molecule has 0 atom stereocenters. The van der Waals surface area contributed by atoms with E-state index in [1.54, 1.807) is 12.1 Å². The summed E-state index contributed by atoms with van der Waals surface area (Å²) in [4.78, 5) is 25.6. The number of thiophene rings is 2. The summed E-state index contributed by atoms with van der Waals surface area (Å²) in [6, 6.07) is 3.49. The minimum absolute atomic E-state index is 0.306. The number of hydrogen-bond donors (Lipinski definition) is 1. The number of aromatic nitrogens is 1. The highest BCUT2D eigenvalue weighted by atomic mass is 32.1. The number of rotatable bonds is 0. The molecule has 0 aliphatic carbocycles. The fraction of sp³-hybridized carbons (Fsp3) is 0. The lowest BCUT2D eigenvalue weighted by Gasteiger charge is -1.79. The molecule has 3 aromatic rings. The molecule has 0 bridgehead atoms. The van der Waals surface area contributed by atoms with Crippen molar-refractivity contribution in [2.24, 2.45) is 0 Å². The van der Waals surface area contributed by atoms with E-state index in [-0.39, 0.29) is 11.1 Å². The highest BCUT2D eigenvalue weighted by Gasteiger charge is 2.07. The van der Waals surface area contributed by atoms with Crippen LogP contribution < -0.4 is 11.1 Å². The quantitative estimate of drug-likeness (QED) is 0.649. The zero-order chi connectivity index (χ0) is 10.4. The molecule has 0 radical (unpaired) electrons. The average molecular weight is 235 g/mol. The molecular weight excluding hydrogens is 230 g/mol. The molecule has 5 heteroatoms. The van der Waals surface area contributed by atoms with Crippen molar-refractivity contribution in [2.45, 2.75) is 0 Å². The van der Waals surface area contributed by atoms with Crippen LogP contribution in [-0.2, 0) is 0 Å². The Morgan fingerprint density at radius 2 is 1.33 bits per heavy atom. The predicted octanol–water partition coefficient (Wildman–Crippen LogP) is 2.16. The molecule has 3 rings (SSSR count). The van der Waals surface area contributed by atoms with Crippen molar-refractivity contribution >= 4 is 42.8 Å². The predicted molar refractivity (Wildman–Crippen MR) is 64.1 cm³/mol. The van der Waals surface area contributed by atoms with E-state index < -0.39 is 0 Å². The van der Waals surface area contributed by atoms with Gasteiger partial charge in [-0.3, -0.25) is 14.6 Å². The molecule has 0 aromatic carbocycles. The van der Waals surface area contributed by atoms with Gasteiger partial charge in [0.05, 0.1) is 20.2 Å². The van der Waals surface area contributed by atoms with Crippen LogP contribution >= 0.6 is 22.7 Å². The van der Waals surface area contributed by atoms with Gasteiger partial charge in [0, 0.05) is 0 Å². The second-order valence-electron chi connectivity index (χ2n) is 3.11. The molecule has 15 heavy (non-hydrogen) atoms. The van der Waals surface area contributed by atoms with Gasteiger partial charge in [-0.25, -0.2) is 0 Å². The first-order valence-corrected chi connectivity index (χ1v) is 6.04. The first-order valence-electron chi connectivity index (χ1n) is 4.28. The van der Waals surface area contributed by atoms with Crippen LogP contribution in [0.25, 0.3) is 20.2 Å². The number of aromatic amines is 1. The lowest BCUT2D eigenvalue weighted by atomic mass is 10.3. The van der Waals surface area contributed by atoms with E-state index in [9.17, 15) is 9.59 Å². The Balaban J connectivity index is 2.86. The summed E-state index contributed by atoms with van der Waals surface area (Å²) in [6.07, 6.45) is 0. The van der Waals surface area contributed by atoms with Crippen molar-refractivity contribution in [1.82, 2.24) is 4.98 Å². The smallest absolute Gasteiger partial charge is 0.259 e. The van der Waals surface area contributed by atoms with Gasteiger partial charge in [0.25, 0.3) is 11.1 Å². The van der Waals surface area contributed by atoms with E-state index in [0.717, 1.165) is 9.40 Å².